The third kappa shape index (κ3) is 2.02. The fourth-order valence-corrected chi connectivity index (χ4v) is 1.91. The Morgan fingerprint density at radius 1 is 1.56 bits per heavy atom. The molecule has 0 spiro atoms. The molecule has 2 N–H and O–H groups in total. The van der Waals surface area contributed by atoms with Crippen molar-refractivity contribution in [3.05, 3.63) is 23.8 Å². The van der Waals surface area contributed by atoms with E-state index in [-0.39, 0.29) is 5.91 Å². The molecule has 0 saturated carbocycles. The molecule has 1 heterocycles. The van der Waals surface area contributed by atoms with Crippen LogP contribution in [0.3, 0.4) is 0 Å². The third-order valence-electron chi connectivity index (χ3n) is 2.70. The van der Waals surface area contributed by atoms with E-state index in [0.717, 1.165) is 23.4 Å². The molecule has 2 rings (SSSR count). The van der Waals surface area contributed by atoms with Crippen LogP contribution < -0.4 is 15.4 Å². The van der Waals surface area contributed by atoms with Gasteiger partial charge in [0.1, 0.15) is 12.4 Å². The molecule has 0 saturated heterocycles. The van der Waals surface area contributed by atoms with Crippen molar-refractivity contribution in [2.45, 2.75) is 13.3 Å². The number of amides is 1. The average molecular weight is 220 g/mol. The van der Waals surface area contributed by atoms with Crippen molar-refractivity contribution in [1.82, 2.24) is 0 Å². The molecule has 1 aromatic carbocycles. The van der Waals surface area contributed by atoms with Crippen molar-refractivity contribution in [3.63, 3.8) is 0 Å². The first kappa shape index (κ1) is 11.0. The smallest absolute Gasteiger partial charge is 0.224 e. The van der Waals surface area contributed by atoms with Crippen LogP contribution in [-0.2, 0) is 11.2 Å². The molecule has 16 heavy (non-hydrogen) atoms. The van der Waals surface area contributed by atoms with Crippen LogP contribution in [0.4, 0.5) is 5.69 Å². The Kier molecular flexibility index (Phi) is 3.10. The van der Waals surface area contributed by atoms with Crippen LogP contribution in [0.25, 0.3) is 0 Å². The number of fused-ring (bicyclic) bond motifs is 1. The summed E-state index contributed by atoms with van der Waals surface area (Å²) in [5, 5.41) is 0. The van der Waals surface area contributed by atoms with Gasteiger partial charge >= 0.3 is 0 Å². The standard InChI is InChI=1S/C12H16N2O2/c1-9(15)14-6-7-16-12-3-2-10(4-5-13)8-11(12)14/h2-3,8H,4-7,13H2,1H3. The van der Waals surface area contributed by atoms with Gasteiger partial charge in [0.05, 0.1) is 12.2 Å². The summed E-state index contributed by atoms with van der Waals surface area (Å²) in [6.45, 7) is 3.36. The topological polar surface area (TPSA) is 55.6 Å². The maximum Gasteiger partial charge on any atom is 0.224 e. The van der Waals surface area contributed by atoms with Crippen LogP contribution in [0, 0.1) is 0 Å². The van der Waals surface area contributed by atoms with Gasteiger partial charge in [-0.1, -0.05) is 6.07 Å². The summed E-state index contributed by atoms with van der Waals surface area (Å²) in [7, 11) is 0. The molecule has 86 valence electrons. The van der Waals surface area contributed by atoms with E-state index in [0.29, 0.717) is 19.7 Å². The van der Waals surface area contributed by atoms with Gasteiger partial charge < -0.3 is 15.4 Å². The van der Waals surface area contributed by atoms with E-state index in [1.165, 1.54) is 0 Å². The molecule has 1 aromatic rings. The second-order valence-electron chi connectivity index (χ2n) is 3.86. The minimum Gasteiger partial charge on any atom is -0.490 e. The quantitative estimate of drug-likeness (QED) is 0.806. The first-order valence-corrected chi connectivity index (χ1v) is 5.46. The summed E-state index contributed by atoms with van der Waals surface area (Å²) in [6, 6.07) is 5.90. The number of hydrogen-bond acceptors (Lipinski definition) is 3. The summed E-state index contributed by atoms with van der Waals surface area (Å²) >= 11 is 0. The Balaban J connectivity index is 2.36. The van der Waals surface area contributed by atoms with Crippen LogP contribution in [0.2, 0.25) is 0 Å². The number of hydrogen-bond donors (Lipinski definition) is 1. The maximum atomic E-state index is 11.5. The number of nitrogens with zero attached hydrogens (tertiary/aromatic N) is 1. The van der Waals surface area contributed by atoms with Crippen LogP contribution in [-0.4, -0.2) is 25.6 Å². The number of anilines is 1. The van der Waals surface area contributed by atoms with Crippen LogP contribution in [0.15, 0.2) is 18.2 Å². The van der Waals surface area contributed by atoms with Crippen molar-refractivity contribution in [3.8, 4) is 5.75 Å². The Morgan fingerprint density at radius 3 is 3.06 bits per heavy atom. The zero-order valence-corrected chi connectivity index (χ0v) is 9.40. The van der Waals surface area contributed by atoms with Gasteiger partial charge in [-0.2, -0.15) is 0 Å². The fraction of sp³-hybridized carbons (Fsp3) is 0.417. The van der Waals surface area contributed by atoms with Gasteiger partial charge in [0, 0.05) is 6.92 Å². The number of benzene rings is 1. The van der Waals surface area contributed by atoms with E-state index in [2.05, 4.69) is 0 Å². The Morgan fingerprint density at radius 2 is 2.38 bits per heavy atom. The van der Waals surface area contributed by atoms with Crippen LogP contribution >= 0.6 is 0 Å². The third-order valence-corrected chi connectivity index (χ3v) is 2.70. The molecule has 0 bridgehead atoms. The average Bonchev–Trinajstić information content (AvgIpc) is 2.28. The van der Waals surface area contributed by atoms with E-state index in [9.17, 15) is 4.79 Å². The summed E-state index contributed by atoms with van der Waals surface area (Å²) in [5.41, 5.74) is 7.52. The number of rotatable bonds is 2. The fourth-order valence-electron chi connectivity index (χ4n) is 1.91. The molecule has 0 atom stereocenters. The van der Waals surface area contributed by atoms with E-state index in [4.69, 9.17) is 10.5 Å². The SMILES string of the molecule is CC(=O)N1CCOc2ccc(CCN)cc21. The highest BCUT2D eigenvalue weighted by atomic mass is 16.5. The summed E-state index contributed by atoms with van der Waals surface area (Å²) in [5.74, 6) is 0.830. The van der Waals surface area contributed by atoms with Crippen molar-refractivity contribution in [2.75, 3.05) is 24.6 Å². The zero-order chi connectivity index (χ0) is 11.5. The predicted molar refractivity (Wildman–Crippen MR) is 62.7 cm³/mol. The number of ether oxygens (including phenoxy) is 1. The predicted octanol–water partition coefficient (Wildman–Crippen LogP) is 0.933. The minimum absolute atomic E-state index is 0.0504. The second-order valence-corrected chi connectivity index (χ2v) is 3.86. The van der Waals surface area contributed by atoms with E-state index in [1.807, 2.05) is 18.2 Å². The molecule has 0 aromatic heterocycles. The van der Waals surface area contributed by atoms with Crippen molar-refractivity contribution in [2.24, 2.45) is 5.73 Å². The largest absolute Gasteiger partial charge is 0.490 e. The summed E-state index contributed by atoms with van der Waals surface area (Å²) in [4.78, 5) is 13.2. The van der Waals surface area contributed by atoms with Crippen LogP contribution in [0.5, 0.6) is 5.75 Å². The Labute approximate surface area is 95.0 Å². The second kappa shape index (κ2) is 4.53. The molecule has 0 aliphatic carbocycles. The van der Waals surface area contributed by atoms with Crippen molar-refractivity contribution in [1.29, 1.82) is 0 Å². The molecule has 1 aliphatic rings. The minimum atomic E-state index is 0.0504. The number of nitrogens with two attached hydrogens (primary N) is 1. The normalized spacial score (nSPS) is 14.2. The highest BCUT2D eigenvalue weighted by Gasteiger charge is 2.21. The van der Waals surface area contributed by atoms with E-state index >= 15 is 0 Å². The maximum absolute atomic E-state index is 11.5. The van der Waals surface area contributed by atoms with E-state index in [1.54, 1.807) is 11.8 Å². The van der Waals surface area contributed by atoms with Crippen molar-refractivity contribution >= 4 is 11.6 Å². The summed E-state index contributed by atoms with van der Waals surface area (Å²) in [6.07, 6.45) is 0.818. The van der Waals surface area contributed by atoms with Gasteiger partial charge in [0.2, 0.25) is 5.91 Å². The lowest BCUT2D eigenvalue weighted by Crippen LogP contribution is -2.36. The first-order valence-electron chi connectivity index (χ1n) is 5.46. The van der Waals surface area contributed by atoms with Gasteiger partial charge in [-0.25, -0.2) is 0 Å². The van der Waals surface area contributed by atoms with Gasteiger partial charge in [-0.15, -0.1) is 0 Å². The van der Waals surface area contributed by atoms with Gasteiger partial charge in [-0.05, 0) is 30.7 Å². The molecule has 0 unspecified atom stereocenters. The Bertz CT molecular complexity index is 404. The molecule has 1 amide bonds. The number of carbonyl (C=O) groups is 1. The number of carbonyl (C=O) groups excluding carboxylic acids is 1. The summed E-state index contributed by atoms with van der Waals surface area (Å²) < 4.78 is 5.51. The molecule has 1 aliphatic heterocycles. The van der Waals surface area contributed by atoms with Gasteiger partial charge in [-0.3, -0.25) is 4.79 Å². The molecular weight excluding hydrogens is 204 g/mol. The highest BCUT2D eigenvalue weighted by Crippen LogP contribution is 2.32. The molecule has 0 fully saturated rings. The monoisotopic (exact) mass is 220 g/mol. The van der Waals surface area contributed by atoms with E-state index < -0.39 is 0 Å². The van der Waals surface area contributed by atoms with Gasteiger partial charge in [0.25, 0.3) is 0 Å². The first-order chi connectivity index (χ1) is 7.72. The van der Waals surface area contributed by atoms with Gasteiger partial charge in [0.15, 0.2) is 0 Å². The zero-order valence-electron chi connectivity index (χ0n) is 9.40. The molecular formula is C12H16N2O2. The molecule has 0 radical (unpaired) electrons. The lowest BCUT2D eigenvalue weighted by atomic mass is 10.1. The van der Waals surface area contributed by atoms with Crippen LogP contribution in [0.1, 0.15) is 12.5 Å². The molecule has 4 heteroatoms. The Hall–Kier alpha value is -1.55. The van der Waals surface area contributed by atoms with Crippen molar-refractivity contribution < 1.29 is 9.53 Å². The lowest BCUT2D eigenvalue weighted by Gasteiger charge is -2.29. The highest BCUT2D eigenvalue weighted by molar-refractivity contribution is 5.93. The molecule has 4 nitrogen and oxygen atoms in total. The lowest BCUT2D eigenvalue weighted by molar-refractivity contribution is -0.116.